The van der Waals surface area contributed by atoms with Crippen molar-refractivity contribution in [3.8, 4) is 0 Å². The third-order valence-electron chi connectivity index (χ3n) is 1.52. The largest absolute Gasteiger partial charge is 0.399 e. The van der Waals surface area contributed by atoms with Crippen LogP contribution in [0.4, 0.5) is 14.5 Å². The zero-order valence-electron chi connectivity index (χ0n) is 7.81. The Hall–Kier alpha value is -1.90. The second kappa shape index (κ2) is 3.93. The topological polar surface area (TPSA) is 125 Å². The van der Waals surface area contributed by atoms with Crippen LogP contribution in [-0.2, 0) is 10.0 Å². The van der Waals surface area contributed by atoms with E-state index in [9.17, 15) is 17.2 Å². The van der Waals surface area contributed by atoms with Gasteiger partial charge in [-0.2, -0.15) is 8.42 Å². The van der Waals surface area contributed by atoms with Gasteiger partial charge in [-0.15, -0.1) is 4.40 Å². The van der Waals surface area contributed by atoms with Crippen molar-refractivity contribution in [3.05, 3.63) is 23.8 Å². The molecule has 0 spiro atoms. The van der Waals surface area contributed by atoms with Crippen LogP contribution in [0.25, 0.3) is 0 Å². The fourth-order valence-corrected chi connectivity index (χ4v) is 1.94. The minimum atomic E-state index is -4.49. The molecule has 6 N–H and O–H groups in total. The van der Waals surface area contributed by atoms with Gasteiger partial charge in [0.05, 0.1) is 0 Å². The van der Waals surface area contributed by atoms with Gasteiger partial charge >= 0.3 is 0 Å². The molecule has 0 aliphatic carbocycles. The van der Waals surface area contributed by atoms with E-state index in [1.807, 2.05) is 0 Å². The third-order valence-corrected chi connectivity index (χ3v) is 2.82. The molecule has 0 saturated heterocycles. The molecule has 0 atom stereocenters. The van der Waals surface area contributed by atoms with E-state index in [1.165, 1.54) is 0 Å². The molecule has 6 nitrogen and oxygen atoms in total. The van der Waals surface area contributed by atoms with Gasteiger partial charge in [-0.3, -0.25) is 0 Å². The number of nitrogens with two attached hydrogens (primary N) is 3. The van der Waals surface area contributed by atoms with Crippen LogP contribution in [0.1, 0.15) is 0 Å². The highest BCUT2D eigenvalue weighted by molar-refractivity contribution is 7.90. The number of sulfonamides is 1. The van der Waals surface area contributed by atoms with Crippen LogP contribution < -0.4 is 17.2 Å². The monoisotopic (exact) mass is 250 g/mol. The Balaban J connectivity index is 3.51. The number of hydrogen-bond acceptors (Lipinski definition) is 3. The van der Waals surface area contributed by atoms with Crippen molar-refractivity contribution in [1.29, 1.82) is 0 Å². The molecule has 0 fully saturated rings. The number of guanidine groups is 1. The van der Waals surface area contributed by atoms with Crippen molar-refractivity contribution in [2.75, 3.05) is 5.73 Å². The van der Waals surface area contributed by atoms with Crippen LogP contribution in [0, 0.1) is 11.6 Å². The normalized spacial score (nSPS) is 11.1. The van der Waals surface area contributed by atoms with Crippen LogP contribution in [0.3, 0.4) is 0 Å². The Bertz CT molecular complexity index is 552. The zero-order valence-corrected chi connectivity index (χ0v) is 8.63. The Kier molecular flexibility index (Phi) is 2.99. The summed E-state index contributed by atoms with van der Waals surface area (Å²) in [6, 6.07) is 1.37. The smallest absolute Gasteiger partial charge is 0.288 e. The van der Waals surface area contributed by atoms with Gasteiger partial charge in [0.1, 0.15) is 4.90 Å². The SMILES string of the molecule is NC(N)=NS(=O)(=O)c1cc(N)cc(F)c1F. The van der Waals surface area contributed by atoms with Crippen LogP contribution >= 0.6 is 0 Å². The summed E-state index contributed by atoms with van der Waals surface area (Å²) in [7, 11) is -4.49. The average Bonchev–Trinajstić information content (AvgIpc) is 2.08. The van der Waals surface area contributed by atoms with E-state index in [4.69, 9.17) is 17.2 Å². The molecule has 0 bridgehead atoms. The van der Waals surface area contributed by atoms with Crippen molar-refractivity contribution in [2.45, 2.75) is 4.90 Å². The molecule has 1 rings (SSSR count). The third kappa shape index (κ3) is 2.37. The first-order valence-electron chi connectivity index (χ1n) is 3.84. The second-order valence-corrected chi connectivity index (χ2v) is 4.38. The number of nitrogen functional groups attached to an aromatic ring is 1. The fourth-order valence-electron chi connectivity index (χ4n) is 0.959. The van der Waals surface area contributed by atoms with Crippen molar-refractivity contribution >= 4 is 21.7 Å². The van der Waals surface area contributed by atoms with Gasteiger partial charge in [0.15, 0.2) is 11.6 Å². The van der Waals surface area contributed by atoms with Gasteiger partial charge in [-0.05, 0) is 12.1 Å². The van der Waals surface area contributed by atoms with E-state index in [0.29, 0.717) is 6.07 Å². The molecule has 0 aliphatic rings. The number of halogens is 2. The van der Waals surface area contributed by atoms with E-state index >= 15 is 0 Å². The zero-order chi connectivity index (χ0) is 12.5. The first kappa shape index (κ1) is 12.2. The van der Waals surface area contributed by atoms with Gasteiger partial charge < -0.3 is 17.2 Å². The molecule has 0 unspecified atom stereocenters. The van der Waals surface area contributed by atoms with Crippen molar-refractivity contribution in [3.63, 3.8) is 0 Å². The molecule has 1 aromatic carbocycles. The molecule has 0 aliphatic heterocycles. The molecular formula is C7H8F2N4O2S. The standard InChI is InChI=1S/C7H8F2N4O2S/c8-4-1-3(10)2-5(6(4)9)16(14,15)13-7(11)12/h1-2H,10H2,(H4,11,12,13). The fraction of sp³-hybridized carbons (Fsp3) is 0. The van der Waals surface area contributed by atoms with Crippen molar-refractivity contribution in [1.82, 2.24) is 0 Å². The minimum Gasteiger partial charge on any atom is -0.399 e. The maximum Gasteiger partial charge on any atom is 0.288 e. The van der Waals surface area contributed by atoms with Gasteiger partial charge in [-0.25, -0.2) is 8.78 Å². The molecule has 0 radical (unpaired) electrons. The Morgan fingerprint density at radius 2 is 1.81 bits per heavy atom. The Morgan fingerprint density at radius 1 is 1.25 bits per heavy atom. The number of benzene rings is 1. The lowest BCUT2D eigenvalue weighted by Gasteiger charge is -2.03. The quantitative estimate of drug-likeness (QED) is 0.371. The van der Waals surface area contributed by atoms with E-state index < -0.39 is 32.5 Å². The lowest BCUT2D eigenvalue weighted by atomic mass is 10.3. The molecule has 88 valence electrons. The van der Waals surface area contributed by atoms with Crippen LogP contribution in [0.15, 0.2) is 21.4 Å². The van der Waals surface area contributed by atoms with Gasteiger partial charge in [0.2, 0.25) is 5.96 Å². The predicted octanol–water partition coefficient (Wildman–Crippen LogP) is -0.491. The average molecular weight is 250 g/mol. The minimum absolute atomic E-state index is 0.261. The Labute approximate surface area is 89.8 Å². The van der Waals surface area contributed by atoms with E-state index in [1.54, 1.807) is 0 Å². The van der Waals surface area contributed by atoms with E-state index in [0.717, 1.165) is 6.07 Å². The summed E-state index contributed by atoms with van der Waals surface area (Å²) in [5.74, 6) is -3.77. The van der Waals surface area contributed by atoms with Crippen LogP contribution in [0.2, 0.25) is 0 Å². The molecule has 9 heteroatoms. The molecule has 0 aromatic heterocycles. The Morgan fingerprint density at radius 3 is 2.31 bits per heavy atom. The maximum absolute atomic E-state index is 13.2. The number of anilines is 1. The maximum atomic E-state index is 13.2. The summed E-state index contributed by atoms with van der Waals surface area (Å²) < 4.78 is 51.6. The number of nitrogens with zero attached hydrogens (tertiary/aromatic N) is 1. The van der Waals surface area contributed by atoms with Crippen LogP contribution in [0.5, 0.6) is 0 Å². The first-order chi connectivity index (χ1) is 7.24. The van der Waals surface area contributed by atoms with Crippen LogP contribution in [-0.4, -0.2) is 14.4 Å². The highest BCUT2D eigenvalue weighted by Crippen LogP contribution is 2.22. The summed E-state index contributed by atoms with van der Waals surface area (Å²) in [6.07, 6.45) is 0. The number of rotatable bonds is 2. The van der Waals surface area contributed by atoms with Gasteiger partial charge in [-0.1, -0.05) is 0 Å². The molecule has 1 aromatic rings. The lowest BCUT2D eigenvalue weighted by Crippen LogP contribution is -2.24. The van der Waals surface area contributed by atoms with Crippen molar-refractivity contribution < 1.29 is 17.2 Å². The second-order valence-electron chi connectivity index (χ2n) is 2.81. The highest BCUT2D eigenvalue weighted by atomic mass is 32.2. The van der Waals surface area contributed by atoms with E-state index in [-0.39, 0.29) is 5.69 Å². The highest BCUT2D eigenvalue weighted by Gasteiger charge is 2.22. The summed E-state index contributed by atoms with van der Waals surface area (Å²) in [5, 5.41) is 0. The molecule has 0 saturated carbocycles. The molecular weight excluding hydrogens is 242 g/mol. The predicted molar refractivity (Wildman–Crippen MR) is 53.8 cm³/mol. The lowest BCUT2D eigenvalue weighted by molar-refractivity contribution is 0.485. The first-order valence-corrected chi connectivity index (χ1v) is 5.28. The summed E-state index contributed by atoms with van der Waals surface area (Å²) in [4.78, 5) is -1.02. The summed E-state index contributed by atoms with van der Waals surface area (Å²) in [6.45, 7) is 0. The van der Waals surface area contributed by atoms with Gasteiger partial charge in [0.25, 0.3) is 10.0 Å². The van der Waals surface area contributed by atoms with Crippen molar-refractivity contribution in [2.24, 2.45) is 15.9 Å². The molecule has 16 heavy (non-hydrogen) atoms. The van der Waals surface area contributed by atoms with E-state index in [2.05, 4.69) is 4.40 Å². The van der Waals surface area contributed by atoms with Gasteiger partial charge in [0, 0.05) is 5.69 Å². The molecule has 0 heterocycles. The summed E-state index contributed by atoms with van der Waals surface area (Å²) in [5.41, 5.74) is 14.6. The molecule has 0 amide bonds. The summed E-state index contributed by atoms with van der Waals surface area (Å²) >= 11 is 0. The number of hydrogen-bond donors (Lipinski definition) is 3.